The second kappa shape index (κ2) is 6.27. The average Bonchev–Trinajstić information content (AvgIpc) is 3.11. The minimum absolute atomic E-state index is 0.215. The van der Waals surface area contributed by atoms with Crippen molar-refractivity contribution >= 4 is 36.8 Å². The van der Waals surface area contributed by atoms with Crippen molar-refractivity contribution < 1.29 is 4.43 Å². The Morgan fingerprint density at radius 1 is 1.38 bits per heavy atom. The van der Waals surface area contributed by atoms with Crippen LogP contribution in [0.15, 0.2) is 6.20 Å². The number of fused-ring (bicyclic) bond motifs is 1. The molecule has 8 heteroatoms. The van der Waals surface area contributed by atoms with E-state index in [-0.39, 0.29) is 10.3 Å². The van der Waals surface area contributed by atoms with E-state index in [1.54, 1.807) is 6.20 Å². The molecule has 1 N–H and O–H groups in total. The number of hydrogen-bond donors (Lipinski definition) is 1. The normalized spacial score (nSPS) is 19.4. The molecule has 132 valence electrons. The summed E-state index contributed by atoms with van der Waals surface area (Å²) in [4.78, 5) is 11.0. The van der Waals surface area contributed by atoms with E-state index in [1.165, 1.54) is 0 Å². The molecule has 0 aliphatic carbocycles. The van der Waals surface area contributed by atoms with Crippen molar-refractivity contribution in [1.82, 2.24) is 20.2 Å². The maximum Gasteiger partial charge on any atom is 0.226 e. The van der Waals surface area contributed by atoms with E-state index in [1.807, 2.05) is 0 Å². The summed E-state index contributed by atoms with van der Waals surface area (Å²) >= 11 is 6.10. The molecule has 0 unspecified atom stereocenters. The van der Waals surface area contributed by atoms with Gasteiger partial charge < -0.3 is 9.33 Å². The Morgan fingerprint density at radius 2 is 2.12 bits per heavy atom. The first-order chi connectivity index (χ1) is 11.2. The van der Waals surface area contributed by atoms with Crippen molar-refractivity contribution in [3.8, 4) is 0 Å². The van der Waals surface area contributed by atoms with Gasteiger partial charge in [-0.2, -0.15) is 15.1 Å². The highest BCUT2D eigenvalue weighted by molar-refractivity contribution is 6.74. The number of rotatable bonds is 4. The second-order valence-electron chi connectivity index (χ2n) is 8.01. The summed E-state index contributed by atoms with van der Waals surface area (Å²) in [5, 5.41) is 8.34. The van der Waals surface area contributed by atoms with Gasteiger partial charge in [-0.05, 0) is 42.6 Å². The van der Waals surface area contributed by atoms with E-state index >= 15 is 0 Å². The molecule has 1 aliphatic rings. The van der Waals surface area contributed by atoms with E-state index in [2.05, 4.69) is 58.9 Å². The third-order valence-electron chi connectivity index (χ3n) is 5.35. The molecule has 0 amide bonds. The first-order valence-electron chi connectivity index (χ1n) is 8.46. The van der Waals surface area contributed by atoms with Gasteiger partial charge in [0, 0.05) is 6.54 Å². The largest absolute Gasteiger partial charge is 0.415 e. The molecule has 2 aromatic heterocycles. The fourth-order valence-corrected chi connectivity index (χ4v) is 4.03. The van der Waals surface area contributed by atoms with Crippen LogP contribution in [0.1, 0.15) is 33.6 Å². The van der Waals surface area contributed by atoms with Gasteiger partial charge in [-0.15, -0.1) is 0 Å². The molecule has 1 fully saturated rings. The van der Waals surface area contributed by atoms with Crippen molar-refractivity contribution in [2.75, 3.05) is 18.1 Å². The molecule has 1 atom stereocenters. The fourth-order valence-electron chi connectivity index (χ4n) is 2.82. The molecule has 0 spiro atoms. The average molecular weight is 368 g/mol. The van der Waals surface area contributed by atoms with Gasteiger partial charge in [-0.3, -0.25) is 5.10 Å². The van der Waals surface area contributed by atoms with Gasteiger partial charge in [0.1, 0.15) is 5.82 Å². The number of aromatic nitrogens is 4. The van der Waals surface area contributed by atoms with Crippen molar-refractivity contribution in [1.29, 1.82) is 0 Å². The van der Waals surface area contributed by atoms with Crippen LogP contribution in [0.3, 0.4) is 0 Å². The summed E-state index contributed by atoms with van der Waals surface area (Å²) in [6.07, 6.45) is 4.01. The molecule has 24 heavy (non-hydrogen) atoms. The molecule has 0 radical (unpaired) electrons. The topological polar surface area (TPSA) is 66.9 Å². The van der Waals surface area contributed by atoms with Gasteiger partial charge in [0.2, 0.25) is 5.28 Å². The van der Waals surface area contributed by atoms with Crippen molar-refractivity contribution in [3.63, 3.8) is 0 Å². The highest BCUT2D eigenvalue weighted by Gasteiger charge is 2.39. The lowest BCUT2D eigenvalue weighted by atomic mass is 10.2. The predicted molar refractivity (Wildman–Crippen MR) is 100 cm³/mol. The lowest BCUT2D eigenvalue weighted by Gasteiger charge is -2.38. The minimum Gasteiger partial charge on any atom is -0.415 e. The van der Waals surface area contributed by atoms with Crippen LogP contribution in [0.4, 0.5) is 5.82 Å². The molecule has 1 aliphatic heterocycles. The SMILES string of the molecule is CC(C)(C)[Si](C)(C)OC[C@@H]1CCCN1c1nc(Cl)nc2[nH]ncc12. The van der Waals surface area contributed by atoms with Crippen LogP contribution >= 0.6 is 11.6 Å². The molecular formula is C16H26ClN5OSi. The summed E-state index contributed by atoms with van der Waals surface area (Å²) in [5.74, 6) is 0.861. The number of anilines is 1. The summed E-state index contributed by atoms with van der Waals surface area (Å²) in [5.41, 5.74) is 0.681. The Morgan fingerprint density at radius 3 is 2.83 bits per heavy atom. The maximum absolute atomic E-state index is 6.45. The van der Waals surface area contributed by atoms with Crippen LogP contribution in [0.5, 0.6) is 0 Å². The van der Waals surface area contributed by atoms with E-state index in [9.17, 15) is 0 Å². The molecule has 1 saturated heterocycles. The van der Waals surface area contributed by atoms with E-state index in [4.69, 9.17) is 16.0 Å². The van der Waals surface area contributed by atoms with Crippen LogP contribution in [0.25, 0.3) is 11.0 Å². The van der Waals surface area contributed by atoms with Crippen LogP contribution < -0.4 is 4.90 Å². The Balaban J connectivity index is 1.82. The number of H-pyrrole nitrogens is 1. The number of nitrogens with zero attached hydrogens (tertiary/aromatic N) is 4. The number of hydrogen-bond acceptors (Lipinski definition) is 5. The van der Waals surface area contributed by atoms with Gasteiger partial charge >= 0.3 is 0 Å². The standard InChI is InChI=1S/C16H26ClN5OSi/c1-16(2,3)24(4,5)23-10-11-7-6-8-22(11)14-12-9-18-21-13(12)19-15(17)20-14/h9,11H,6-8,10H2,1-5H3,(H,18,19,20,21)/t11-/m0/s1. The third-order valence-corrected chi connectivity index (χ3v) is 10.0. The summed E-state index contributed by atoms with van der Waals surface area (Å²) in [6, 6.07) is 0.322. The van der Waals surface area contributed by atoms with E-state index in [0.29, 0.717) is 11.7 Å². The molecule has 3 rings (SSSR count). The Kier molecular flexibility index (Phi) is 4.61. The molecule has 3 heterocycles. The molecule has 0 aromatic carbocycles. The Hall–Kier alpha value is -1.18. The van der Waals surface area contributed by atoms with Gasteiger partial charge in [-0.1, -0.05) is 20.8 Å². The van der Waals surface area contributed by atoms with Crippen molar-refractivity contribution in [2.24, 2.45) is 0 Å². The minimum atomic E-state index is -1.76. The zero-order valence-electron chi connectivity index (χ0n) is 15.1. The zero-order chi connectivity index (χ0) is 17.5. The quantitative estimate of drug-likeness (QED) is 0.653. The molecule has 0 saturated carbocycles. The maximum atomic E-state index is 6.45. The summed E-state index contributed by atoms with van der Waals surface area (Å²) in [7, 11) is -1.76. The van der Waals surface area contributed by atoms with Gasteiger partial charge in [0.15, 0.2) is 14.0 Å². The van der Waals surface area contributed by atoms with Gasteiger partial charge in [0.25, 0.3) is 0 Å². The molecule has 2 aromatic rings. The lowest BCUT2D eigenvalue weighted by Crippen LogP contribution is -2.45. The number of nitrogens with one attached hydrogen (secondary N) is 1. The van der Waals surface area contributed by atoms with Crippen molar-refractivity contribution in [3.05, 3.63) is 11.5 Å². The van der Waals surface area contributed by atoms with E-state index in [0.717, 1.165) is 37.2 Å². The zero-order valence-corrected chi connectivity index (χ0v) is 16.8. The van der Waals surface area contributed by atoms with Gasteiger partial charge in [-0.25, -0.2) is 0 Å². The molecular weight excluding hydrogens is 342 g/mol. The fraction of sp³-hybridized carbons (Fsp3) is 0.688. The van der Waals surface area contributed by atoms with Crippen LogP contribution in [-0.2, 0) is 4.43 Å². The smallest absolute Gasteiger partial charge is 0.226 e. The highest BCUT2D eigenvalue weighted by atomic mass is 35.5. The van der Waals surface area contributed by atoms with Crippen LogP contribution in [0, 0.1) is 0 Å². The van der Waals surface area contributed by atoms with E-state index < -0.39 is 8.32 Å². The Labute approximate surface area is 149 Å². The summed E-state index contributed by atoms with van der Waals surface area (Å²) < 4.78 is 6.45. The third kappa shape index (κ3) is 3.29. The van der Waals surface area contributed by atoms with Gasteiger partial charge in [0.05, 0.1) is 24.2 Å². The summed E-state index contributed by atoms with van der Waals surface area (Å²) in [6.45, 7) is 13.1. The highest BCUT2D eigenvalue weighted by Crippen LogP contribution is 2.37. The van der Waals surface area contributed by atoms with Crippen molar-refractivity contribution in [2.45, 2.75) is 57.8 Å². The monoisotopic (exact) mass is 367 g/mol. The Bertz CT molecular complexity index is 727. The lowest BCUT2D eigenvalue weighted by molar-refractivity contribution is 0.263. The van der Waals surface area contributed by atoms with Crippen LogP contribution in [-0.4, -0.2) is 47.7 Å². The number of halogens is 1. The molecule has 0 bridgehead atoms. The number of aromatic amines is 1. The predicted octanol–water partition coefficient (Wildman–Crippen LogP) is 4.00. The first-order valence-corrected chi connectivity index (χ1v) is 11.7. The van der Waals surface area contributed by atoms with Crippen LogP contribution in [0.2, 0.25) is 23.4 Å². The first kappa shape index (κ1) is 17.6. The molecule has 6 nitrogen and oxygen atoms in total. The second-order valence-corrected chi connectivity index (χ2v) is 13.2.